The topological polar surface area (TPSA) is 38.9 Å². The van der Waals surface area contributed by atoms with Crippen LogP contribution in [0.1, 0.15) is 24.9 Å². The minimum Gasteiger partial charge on any atom is -0.323 e. The van der Waals surface area contributed by atoms with Crippen molar-refractivity contribution in [2.24, 2.45) is 5.73 Å². The summed E-state index contributed by atoms with van der Waals surface area (Å²) in [6.45, 7) is 1.73. The van der Waals surface area contributed by atoms with E-state index in [9.17, 15) is 4.39 Å². The zero-order valence-corrected chi connectivity index (χ0v) is 7.42. The van der Waals surface area contributed by atoms with E-state index in [-0.39, 0.29) is 11.9 Å². The molecule has 2 N–H and O–H groups in total. The molecule has 1 aromatic heterocycles. The molecule has 1 heterocycles. The second-order valence-corrected chi connectivity index (χ2v) is 2.63. The van der Waals surface area contributed by atoms with Crippen LogP contribution in [0.15, 0.2) is 18.5 Å². The van der Waals surface area contributed by atoms with E-state index in [0.29, 0.717) is 12.0 Å². The molecule has 1 unspecified atom stereocenters. The largest absolute Gasteiger partial charge is 0.323 e. The summed E-state index contributed by atoms with van der Waals surface area (Å²) in [5, 5.41) is 0. The summed E-state index contributed by atoms with van der Waals surface area (Å²) in [4.78, 5) is 3.64. The van der Waals surface area contributed by atoms with Crippen molar-refractivity contribution in [2.45, 2.75) is 19.4 Å². The molecule has 0 bridgehead atoms. The average molecular weight is 178 g/mol. The van der Waals surface area contributed by atoms with E-state index < -0.39 is 0 Å². The molecule has 0 aliphatic rings. The average Bonchev–Trinajstić information content (AvgIpc) is 2.15. The Bertz CT molecular complexity index is 338. The van der Waals surface area contributed by atoms with E-state index in [2.05, 4.69) is 16.8 Å². The van der Waals surface area contributed by atoms with Crippen molar-refractivity contribution < 1.29 is 4.39 Å². The minimum absolute atomic E-state index is 0.365. The zero-order chi connectivity index (χ0) is 9.68. The Hall–Kier alpha value is -1.40. The molecule has 0 saturated carbocycles. The summed E-state index contributed by atoms with van der Waals surface area (Å²) in [5.41, 5.74) is 6.18. The van der Waals surface area contributed by atoms with Crippen molar-refractivity contribution in [3.05, 3.63) is 29.8 Å². The molecule has 0 aromatic carbocycles. The Labute approximate surface area is 77.0 Å². The molecule has 0 aliphatic carbocycles. The quantitative estimate of drug-likeness (QED) is 0.699. The number of halogens is 1. The molecular weight excluding hydrogens is 167 g/mol. The number of hydrogen-bond acceptors (Lipinski definition) is 2. The van der Waals surface area contributed by atoms with Crippen molar-refractivity contribution in [1.29, 1.82) is 0 Å². The fraction of sp³-hybridized carbons (Fsp3) is 0.300. The number of pyridine rings is 1. The van der Waals surface area contributed by atoms with Gasteiger partial charge in [0.2, 0.25) is 0 Å². The summed E-state index contributed by atoms with van der Waals surface area (Å²) in [5.74, 6) is 5.16. The van der Waals surface area contributed by atoms with Gasteiger partial charge in [-0.15, -0.1) is 11.8 Å². The molecule has 1 aromatic rings. The van der Waals surface area contributed by atoms with Gasteiger partial charge in [0.1, 0.15) is 5.82 Å². The number of nitrogens with zero attached hydrogens (tertiary/aromatic N) is 1. The van der Waals surface area contributed by atoms with E-state index >= 15 is 0 Å². The molecule has 0 saturated heterocycles. The first-order valence-corrected chi connectivity index (χ1v) is 4.00. The molecule has 1 atom stereocenters. The number of aromatic nitrogens is 1. The molecule has 0 spiro atoms. The first kappa shape index (κ1) is 9.69. The lowest BCUT2D eigenvalue weighted by molar-refractivity contribution is 0.579. The number of hydrogen-bond donors (Lipinski definition) is 1. The summed E-state index contributed by atoms with van der Waals surface area (Å²) in [7, 11) is 0. The van der Waals surface area contributed by atoms with Crippen LogP contribution >= 0.6 is 0 Å². The molecule has 0 fully saturated rings. The fourth-order valence-electron chi connectivity index (χ4n) is 1.01. The molecule has 0 radical (unpaired) electrons. The Morgan fingerprint density at radius 1 is 1.69 bits per heavy atom. The predicted molar refractivity (Wildman–Crippen MR) is 49.2 cm³/mol. The standard InChI is InChI=1S/C10H11FN2/c1-2-3-4-10(12)8-5-6-13-7-9(8)11/h5-7,10H,4,12H2,1H3. The third kappa shape index (κ3) is 2.53. The molecule has 0 aliphatic heterocycles. The van der Waals surface area contributed by atoms with E-state index in [0.717, 1.165) is 6.20 Å². The van der Waals surface area contributed by atoms with Crippen LogP contribution in [-0.4, -0.2) is 4.98 Å². The zero-order valence-electron chi connectivity index (χ0n) is 7.42. The van der Waals surface area contributed by atoms with E-state index in [1.54, 1.807) is 13.0 Å². The van der Waals surface area contributed by atoms with Gasteiger partial charge in [-0.05, 0) is 13.0 Å². The van der Waals surface area contributed by atoms with Crippen molar-refractivity contribution in [2.75, 3.05) is 0 Å². The monoisotopic (exact) mass is 178 g/mol. The lowest BCUT2D eigenvalue weighted by Crippen LogP contribution is -2.11. The second kappa shape index (κ2) is 4.58. The smallest absolute Gasteiger partial charge is 0.146 e. The molecule has 2 nitrogen and oxygen atoms in total. The summed E-state index contributed by atoms with van der Waals surface area (Å²) in [6, 6.07) is 1.22. The van der Waals surface area contributed by atoms with Gasteiger partial charge in [-0.2, -0.15) is 0 Å². The van der Waals surface area contributed by atoms with Crippen molar-refractivity contribution in [3.8, 4) is 11.8 Å². The van der Waals surface area contributed by atoms with E-state index in [1.807, 2.05) is 0 Å². The normalized spacial score (nSPS) is 11.6. The second-order valence-electron chi connectivity index (χ2n) is 2.63. The van der Waals surface area contributed by atoms with Gasteiger partial charge < -0.3 is 5.73 Å². The van der Waals surface area contributed by atoms with Gasteiger partial charge in [0.25, 0.3) is 0 Å². The van der Waals surface area contributed by atoms with Gasteiger partial charge in [0.15, 0.2) is 0 Å². The Morgan fingerprint density at radius 3 is 3.08 bits per heavy atom. The van der Waals surface area contributed by atoms with E-state index in [1.165, 1.54) is 6.20 Å². The maximum atomic E-state index is 13.1. The van der Waals surface area contributed by atoms with Crippen LogP contribution < -0.4 is 5.73 Å². The van der Waals surface area contributed by atoms with Gasteiger partial charge in [-0.1, -0.05) is 0 Å². The van der Waals surface area contributed by atoms with Gasteiger partial charge in [-0.3, -0.25) is 4.98 Å². The molecule has 3 heteroatoms. The lowest BCUT2D eigenvalue weighted by atomic mass is 10.1. The van der Waals surface area contributed by atoms with Crippen LogP contribution in [-0.2, 0) is 0 Å². The maximum Gasteiger partial charge on any atom is 0.146 e. The Kier molecular flexibility index (Phi) is 3.41. The minimum atomic E-state index is -0.368. The van der Waals surface area contributed by atoms with Crippen LogP contribution in [0, 0.1) is 17.7 Å². The number of nitrogens with two attached hydrogens (primary N) is 1. The summed E-state index contributed by atoms with van der Waals surface area (Å²) < 4.78 is 13.1. The Morgan fingerprint density at radius 2 is 2.46 bits per heavy atom. The SMILES string of the molecule is CC#CCC(N)c1ccncc1F. The van der Waals surface area contributed by atoms with Crippen LogP contribution in [0.5, 0.6) is 0 Å². The van der Waals surface area contributed by atoms with Gasteiger partial charge >= 0.3 is 0 Å². The first-order chi connectivity index (χ1) is 6.25. The van der Waals surface area contributed by atoms with Gasteiger partial charge in [0, 0.05) is 24.2 Å². The first-order valence-electron chi connectivity index (χ1n) is 4.00. The molecular formula is C10H11FN2. The maximum absolute atomic E-state index is 13.1. The van der Waals surface area contributed by atoms with Crippen LogP contribution in [0.4, 0.5) is 4.39 Å². The third-order valence-corrected chi connectivity index (χ3v) is 1.70. The third-order valence-electron chi connectivity index (χ3n) is 1.70. The van der Waals surface area contributed by atoms with Crippen molar-refractivity contribution in [3.63, 3.8) is 0 Å². The molecule has 0 amide bonds. The highest BCUT2D eigenvalue weighted by Crippen LogP contribution is 2.15. The molecule has 68 valence electrons. The van der Waals surface area contributed by atoms with Crippen LogP contribution in [0.25, 0.3) is 0 Å². The van der Waals surface area contributed by atoms with Crippen LogP contribution in [0.2, 0.25) is 0 Å². The highest BCUT2D eigenvalue weighted by Gasteiger charge is 2.08. The summed E-state index contributed by atoms with van der Waals surface area (Å²) in [6.07, 6.45) is 3.16. The van der Waals surface area contributed by atoms with Crippen molar-refractivity contribution in [1.82, 2.24) is 4.98 Å². The van der Waals surface area contributed by atoms with Gasteiger partial charge in [0.05, 0.1) is 6.20 Å². The van der Waals surface area contributed by atoms with Gasteiger partial charge in [-0.25, -0.2) is 4.39 Å². The number of rotatable bonds is 2. The lowest BCUT2D eigenvalue weighted by Gasteiger charge is -2.08. The summed E-state index contributed by atoms with van der Waals surface area (Å²) >= 11 is 0. The molecule has 1 rings (SSSR count). The molecule has 13 heavy (non-hydrogen) atoms. The van der Waals surface area contributed by atoms with Crippen LogP contribution in [0.3, 0.4) is 0 Å². The fourth-order valence-corrected chi connectivity index (χ4v) is 1.01. The van der Waals surface area contributed by atoms with Crippen molar-refractivity contribution >= 4 is 0 Å². The predicted octanol–water partition coefficient (Wildman–Crippen LogP) is 1.63. The highest BCUT2D eigenvalue weighted by atomic mass is 19.1. The Balaban J connectivity index is 2.80. The highest BCUT2D eigenvalue weighted by molar-refractivity contribution is 5.18. The van der Waals surface area contributed by atoms with E-state index in [4.69, 9.17) is 5.73 Å².